The highest BCUT2D eigenvalue weighted by atomic mass is 16.2. The molecule has 2 amide bonds. The minimum absolute atomic E-state index is 0.0606. The van der Waals surface area contributed by atoms with E-state index in [1.165, 1.54) is 5.56 Å². The number of amides is 2. The minimum Gasteiger partial charge on any atom is -0.327 e. The number of nitrogens with one attached hydrogen (secondary N) is 1. The zero-order chi connectivity index (χ0) is 12.4. The number of urea groups is 1. The lowest BCUT2D eigenvalue weighted by atomic mass is 9.88. The predicted molar refractivity (Wildman–Crippen MR) is 71.1 cm³/mol. The molecule has 0 radical (unpaired) electrons. The van der Waals surface area contributed by atoms with E-state index in [0.29, 0.717) is 6.54 Å². The summed E-state index contributed by atoms with van der Waals surface area (Å²) >= 11 is 0. The van der Waals surface area contributed by atoms with Gasteiger partial charge in [-0.3, -0.25) is 0 Å². The van der Waals surface area contributed by atoms with Gasteiger partial charge in [-0.15, -0.1) is 0 Å². The van der Waals surface area contributed by atoms with Crippen LogP contribution in [0.4, 0.5) is 4.79 Å². The van der Waals surface area contributed by atoms with E-state index in [9.17, 15) is 4.79 Å². The summed E-state index contributed by atoms with van der Waals surface area (Å²) in [5.74, 6) is 0. The third-order valence-corrected chi connectivity index (χ3v) is 3.76. The second-order valence-electron chi connectivity index (χ2n) is 5.22. The van der Waals surface area contributed by atoms with Gasteiger partial charge in [-0.05, 0) is 24.8 Å². The van der Waals surface area contributed by atoms with Gasteiger partial charge in [-0.1, -0.05) is 42.5 Å². The van der Waals surface area contributed by atoms with Gasteiger partial charge in [0.25, 0.3) is 0 Å². The van der Waals surface area contributed by atoms with Gasteiger partial charge in [0.1, 0.15) is 0 Å². The molecule has 0 bridgehead atoms. The zero-order valence-corrected chi connectivity index (χ0v) is 10.4. The molecule has 2 aliphatic rings. The number of rotatable bonds is 2. The third kappa shape index (κ3) is 2.13. The summed E-state index contributed by atoms with van der Waals surface area (Å²) in [6.45, 7) is 1.49. The monoisotopic (exact) mass is 242 g/mol. The molecule has 1 heterocycles. The fraction of sp³-hybridized carbons (Fsp3) is 0.400. The van der Waals surface area contributed by atoms with Crippen LogP contribution in [0.25, 0.3) is 0 Å². The molecular weight excluding hydrogens is 224 g/mol. The SMILES string of the molecule is O=C1NC2(C=CCCC2)CN1Cc1ccccc1. The van der Waals surface area contributed by atoms with Crippen molar-refractivity contribution in [1.82, 2.24) is 10.2 Å². The average Bonchev–Trinajstić information content (AvgIpc) is 2.68. The van der Waals surface area contributed by atoms with E-state index in [0.717, 1.165) is 25.8 Å². The maximum absolute atomic E-state index is 12.0. The maximum Gasteiger partial charge on any atom is 0.318 e. The van der Waals surface area contributed by atoms with E-state index in [-0.39, 0.29) is 11.6 Å². The molecule has 1 N–H and O–H groups in total. The van der Waals surface area contributed by atoms with Gasteiger partial charge in [0.05, 0.1) is 5.54 Å². The van der Waals surface area contributed by atoms with Crippen LogP contribution in [0.15, 0.2) is 42.5 Å². The summed E-state index contributed by atoms with van der Waals surface area (Å²) in [6, 6.07) is 10.2. The Morgan fingerprint density at radius 2 is 2.11 bits per heavy atom. The van der Waals surface area contributed by atoms with Crippen LogP contribution in [0, 0.1) is 0 Å². The highest BCUT2D eigenvalue weighted by Gasteiger charge is 2.40. The summed E-state index contributed by atoms with van der Waals surface area (Å²) in [5, 5.41) is 3.14. The van der Waals surface area contributed by atoms with Gasteiger partial charge >= 0.3 is 6.03 Å². The second-order valence-corrected chi connectivity index (χ2v) is 5.22. The molecule has 1 aliphatic carbocycles. The molecular formula is C15H18N2O. The lowest BCUT2D eigenvalue weighted by Crippen LogP contribution is -2.42. The number of benzene rings is 1. The molecule has 1 spiro atoms. The minimum atomic E-state index is -0.107. The lowest BCUT2D eigenvalue weighted by Gasteiger charge is -2.27. The normalized spacial score (nSPS) is 26.7. The maximum atomic E-state index is 12.0. The Balaban J connectivity index is 1.73. The van der Waals surface area contributed by atoms with Gasteiger partial charge in [0.15, 0.2) is 0 Å². The van der Waals surface area contributed by atoms with Crippen LogP contribution in [0.1, 0.15) is 24.8 Å². The quantitative estimate of drug-likeness (QED) is 0.795. The van der Waals surface area contributed by atoms with Crippen LogP contribution in [-0.4, -0.2) is 23.0 Å². The Morgan fingerprint density at radius 1 is 1.28 bits per heavy atom. The first-order valence-corrected chi connectivity index (χ1v) is 6.56. The van der Waals surface area contributed by atoms with Crippen molar-refractivity contribution in [2.45, 2.75) is 31.3 Å². The summed E-state index contributed by atoms with van der Waals surface area (Å²) in [4.78, 5) is 13.9. The van der Waals surface area contributed by atoms with E-state index >= 15 is 0 Å². The fourth-order valence-corrected chi connectivity index (χ4v) is 2.84. The largest absolute Gasteiger partial charge is 0.327 e. The molecule has 3 heteroatoms. The predicted octanol–water partition coefficient (Wildman–Crippen LogP) is 2.69. The molecule has 1 aromatic carbocycles. The van der Waals surface area contributed by atoms with Gasteiger partial charge in [-0.2, -0.15) is 0 Å². The number of hydrogen-bond acceptors (Lipinski definition) is 1. The first-order valence-electron chi connectivity index (χ1n) is 6.56. The van der Waals surface area contributed by atoms with Crippen molar-refractivity contribution in [3.05, 3.63) is 48.0 Å². The first-order chi connectivity index (χ1) is 8.77. The Hall–Kier alpha value is -1.77. The third-order valence-electron chi connectivity index (χ3n) is 3.76. The lowest BCUT2D eigenvalue weighted by molar-refractivity contribution is 0.215. The molecule has 3 nitrogen and oxygen atoms in total. The van der Waals surface area contributed by atoms with Gasteiger partial charge in [0.2, 0.25) is 0 Å². The van der Waals surface area contributed by atoms with Crippen LogP contribution in [0.2, 0.25) is 0 Å². The number of allylic oxidation sites excluding steroid dienone is 1. The topological polar surface area (TPSA) is 32.3 Å². The Kier molecular flexibility index (Phi) is 2.82. The van der Waals surface area contributed by atoms with Crippen molar-refractivity contribution in [2.75, 3.05) is 6.54 Å². The smallest absolute Gasteiger partial charge is 0.318 e. The van der Waals surface area contributed by atoms with Crippen molar-refractivity contribution in [1.29, 1.82) is 0 Å². The summed E-state index contributed by atoms with van der Waals surface area (Å²) in [6.07, 6.45) is 7.72. The summed E-state index contributed by atoms with van der Waals surface area (Å²) in [7, 11) is 0. The molecule has 1 fully saturated rings. The van der Waals surface area contributed by atoms with Crippen LogP contribution >= 0.6 is 0 Å². The molecule has 1 saturated heterocycles. The van der Waals surface area contributed by atoms with Crippen LogP contribution in [-0.2, 0) is 6.54 Å². The van der Waals surface area contributed by atoms with Crippen molar-refractivity contribution in [2.24, 2.45) is 0 Å². The number of carbonyl (C=O) groups excluding carboxylic acids is 1. The van der Waals surface area contributed by atoms with Gasteiger partial charge in [-0.25, -0.2) is 4.79 Å². The molecule has 94 valence electrons. The highest BCUT2D eigenvalue weighted by Crippen LogP contribution is 2.28. The Bertz CT molecular complexity index is 469. The van der Waals surface area contributed by atoms with E-state index in [2.05, 4.69) is 29.6 Å². The zero-order valence-electron chi connectivity index (χ0n) is 10.4. The second kappa shape index (κ2) is 4.48. The molecule has 1 aliphatic heterocycles. The van der Waals surface area contributed by atoms with Crippen molar-refractivity contribution in [3.63, 3.8) is 0 Å². The van der Waals surface area contributed by atoms with E-state index in [1.807, 2.05) is 23.1 Å². The number of carbonyl (C=O) groups is 1. The van der Waals surface area contributed by atoms with Crippen LogP contribution in [0.5, 0.6) is 0 Å². The molecule has 0 aromatic heterocycles. The fourth-order valence-electron chi connectivity index (χ4n) is 2.84. The molecule has 0 saturated carbocycles. The Labute approximate surface area is 107 Å². The molecule has 18 heavy (non-hydrogen) atoms. The van der Waals surface area contributed by atoms with Gasteiger partial charge < -0.3 is 10.2 Å². The van der Waals surface area contributed by atoms with E-state index < -0.39 is 0 Å². The van der Waals surface area contributed by atoms with Crippen LogP contribution < -0.4 is 5.32 Å². The number of hydrogen-bond donors (Lipinski definition) is 1. The average molecular weight is 242 g/mol. The summed E-state index contributed by atoms with van der Waals surface area (Å²) in [5.41, 5.74) is 1.08. The first kappa shape index (κ1) is 11.3. The van der Waals surface area contributed by atoms with Crippen molar-refractivity contribution >= 4 is 6.03 Å². The molecule has 3 rings (SSSR count). The van der Waals surface area contributed by atoms with E-state index in [4.69, 9.17) is 0 Å². The Morgan fingerprint density at radius 3 is 2.83 bits per heavy atom. The van der Waals surface area contributed by atoms with Gasteiger partial charge in [0, 0.05) is 13.1 Å². The molecule has 1 aromatic rings. The number of nitrogens with zero attached hydrogens (tertiary/aromatic N) is 1. The highest BCUT2D eigenvalue weighted by molar-refractivity contribution is 5.78. The van der Waals surface area contributed by atoms with Crippen molar-refractivity contribution in [3.8, 4) is 0 Å². The van der Waals surface area contributed by atoms with Crippen LogP contribution in [0.3, 0.4) is 0 Å². The standard InChI is InChI=1S/C15H18N2O/c18-14-16-15(9-5-2-6-10-15)12-17(14)11-13-7-3-1-4-8-13/h1,3-5,7-9H,2,6,10-12H2,(H,16,18). The van der Waals surface area contributed by atoms with E-state index in [1.54, 1.807) is 0 Å². The van der Waals surface area contributed by atoms with Crippen molar-refractivity contribution < 1.29 is 4.79 Å². The molecule has 1 unspecified atom stereocenters. The summed E-state index contributed by atoms with van der Waals surface area (Å²) < 4.78 is 0. The molecule has 1 atom stereocenters.